The van der Waals surface area contributed by atoms with Crippen LogP contribution in [0.4, 0.5) is 11.4 Å². The normalized spacial score (nSPS) is 12.5. The van der Waals surface area contributed by atoms with Gasteiger partial charge < -0.3 is 10.6 Å². The van der Waals surface area contributed by atoms with Gasteiger partial charge in [0, 0.05) is 16.3 Å². The molecular formula is C16H19N3O3S2. The van der Waals surface area contributed by atoms with Crippen LogP contribution in [0.3, 0.4) is 0 Å². The average molecular weight is 365 g/mol. The second-order valence-corrected chi connectivity index (χ2v) is 7.60. The smallest absolute Gasteiger partial charge is 0.246 e. The van der Waals surface area contributed by atoms with Crippen molar-refractivity contribution < 1.29 is 13.2 Å². The van der Waals surface area contributed by atoms with Crippen LogP contribution in [0.15, 0.2) is 58.3 Å². The highest BCUT2D eigenvalue weighted by atomic mass is 32.2. The number of rotatable bonds is 6. The summed E-state index contributed by atoms with van der Waals surface area (Å²) in [5.74, 6) is -0.229. The van der Waals surface area contributed by atoms with Gasteiger partial charge in [-0.25, -0.2) is 13.6 Å². The number of anilines is 2. The molecule has 0 bridgehead atoms. The monoisotopic (exact) mass is 365 g/mol. The fraction of sp³-hybridized carbons (Fsp3) is 0.188. The Balaban J connectivity index is 2.00. The van der Waals surface area contributed by atoms with Gasteiger partial charge in [0.05, 0.1) is 4.90 Å². The topological polar surface area (TPSA) is 101 Å². The first kappa shape index (κ1) is 18.3. The molecule has 1 amide bonds. The number of nitrogens with one attached hydrogen (secondary N) is 2. The van der Waals surface area contributed by atoms with Crippen LogP contribution in [0.5, 0.6) is 0 Å². The molecule has 4 N–H and O–H groups in total. The second-order valence-electron chi connectivity index (χ2n) is 5.16. The van der Waals surface area contributed by atoms with Crippen molar-refractivity contribution in [2.75, 3.05) is 16.9 Å². The molecule has 128 valence electrons. The predicted molar refractivity (Wildman–Crippen MR) is 97.8 cm³/mol. The number of amides is 1. The minimum absolute atomic E-state index is 0.000512. The Labute approximate surface area is 145 Å². The van der Waals surface area contributed by atoms with Gasteiger partial charge in [0.1, 0.15) is 6.04 Å². The summed E-state index contributed by atoms with van der Waals surface area (Å²) in [5, 5.41) is 10.9. The Morgan fingerprint density at radius 2 is 1.79 bits per heavy atom. The van der Waals surface area contributed by atoms with Gasteiger partial charge in [-0.1, -0.05) is 6.07 Å². The molecule has 0 heterocycles. The number of benzene rings is 2. The van der Waals surface area contributed by atoms with E-state index in [9.17, 15) is 13.2 Å². The Morgan fingerprint density at radius 1 is 1.12 bits per heavy atom. The van der Waals surface area contributed by atoms with E-state index in [0.717, 1.165) is 10.6 Å². The maximum absolute atomic E-state index is 12.2. The molecule has 0 saturated carbocycles. The van der Waals surface area contributed by atoms with Crippen LogP contribution in [0.2, 0.25) is 0 Å². The zero-order chi connectivity index (χ0) is 17.7. The number of primary sulfonamides is 1. The number of nitrogens with two attached hydrogens (primary N) is 1. The quantitative estimate of drug-likeness (QED) is 0.683. The summed E-state index contributed by atoms with van der Waals surface area (Å²) in [6.45, 7) is 1.75. The Bertz CT molecular complexity index is 821. The molecule has 0 aliphatic carbocycles. The molecule has 0 aliphatic heterocycles. The molecule has 2 aromatic carbocycles. The fourth-order valence-corrected chi connectivity index (χ4v) is 2.98. The SMILES string of the molecule is CSc1cccc(N[C@H](C)C(=O)Nc2ccc(S(N)(=O)=O)cc2)c1. The predicted octanol–water partition coefficient (Wildman–Crippen LogP) is 2.50. The van der Waals surface area contributed by atoms with Gasteiger partial charge in [0.25, 0.3) is 0 Å². The first-order chi connectivity index (χ1) is 11.3. The van der Waals surface area contributed by atoms with Crippen LogP contribution in [0.25, 0.3) is 0 Å². The van der Waals surface area contributed by atoms with Crippen LogP contribution in [-0.2, 0) is 14.8 Å². The van der Waals surface area contributed by atoms with Gasteiger partial charge in [0.15, 0.2) is 0 Å². The molecule has 0 aromatic heterocycles. The summed E-state index contributed by atoms with van der Waals surface area (Å²) in [6, 6.07) is 13.0. The number of carbonyl (C=O) groups is 1. The second kappa shape index (κ2) is 7.69. The van der Waals surface area contributed by atoms with E-state index < -0.39 is 16.1 Å². The maximum atomic E-state index is 12.2. The third-order valence-corrected chi connectivity index (χ3v) is 4.95. The van der Waals surface area contributed by atoms with Gasteiger partial charge in [-0.2, -0.15) is 0 Å². The van der Waals surface area contributed by atoms with Crippen molar-refractivity contribution in [1.29, 1.82) is 0 Å². The molecule has 2 aromatic rings. The van der Waals surface area contributed by atoms with Crippen LogP contribution < -0.4 is 15.8 Å². The highest BCUT2D eigenvalue weighted by Gasteiger charge is 2.14. The lowest BCUT2D eigenvalue weighted by Crippen LogP contribution is -2.31. The van der Waals surface area contributed by atoms with Crippen LogP contribution in [-0.4, -0.2) is 26.6 Å². The van der Waals surface area contributed by atoms with Gasteiger partial charge in [-0.3, -0.25) is 4.79 Å². The molecule has 1 atom stereocenters. The fourth-order valence-electron chi connectivity index (χ4n) is 2.01. The zero-order valence-electron chi connectivity index (χ0n) is 13.3. The molecule has 24 heavy (non-hydrogen) atoms. The van der Waals surface area contributed by atoms with E-state index in [2.05, 4.69) is 10.6 Å². The number of thioether (sulfide) groups is 1. The minimum Gasteiger partial charge on any atom is -0.374 e. The lowest BCUT2D eigenvalue weighted by atomic mass is 10.2. The van der Waals surface area contributed by atoms with Crippen LogP contribution in [0.1, 0.15) is 6.92 Å². The third kappa shape index (κ3) is 4.98. The maximum Gasteiger partial charge on any atom is 0.246 e. The third-order valence-electron chi connectivity index (χ3n) is 3.30. The summed E-state index contributed by atoms with van der Waals surface area (Å²) < 4.78 is 22.4. The van der Waals surface area contributed by atoms with E-state index >= 15 is 0 Å². The molecule has 6 nitrogen and oxygen atoms in total. The van der Waals surface area contributed by atoms with E-state index in [1.165, 1.54) is 24.3 Å². The number of hydrogen-bond donors (Lipinski definition) is 3. The average Bonchev–Trinajstić information content (AvgIpc) is 2.54. The highest BCUT2D eigenvalue weighted by Crippen LogP contribution is 2.20. The summed E-state index contributed by atoms with van der Waals surface area (Å²) in [4.78, 5) is 13.3. The first-order valence-electron chi connectivity index (χ1n) is 7.14. The van der Waals surface area contributed by atoms with E-state index in [1.807, 2.05) is 30.5 Å². The molecule has 0 saturated heterocycles. The number of hydrogen-bond acceptors (Lipinski definition) is 5. The molecule has 0 spiro atoms. The molecule has 0 radical (unpaired) electrons. The first-order valence-corrected chi connectivity index (χ1v) is 9.91. The zero-order valence-corrected chi connectivity index (χ0v) is 14.9. The van der Waals surface area contributed by atoms with Gasteiger partial charge in [-0.05, 0) is 55.6 Å². The lowest BCUT2D eigenvalue weighted by molar-refractivity contribution is -0.116. The highest BCUT2D eigenvalue weighted by molar-refractivity contribution is 7.98. The van der Waals surface area contributed by atoms with Gasteiger partial charge in [0.2, 0.25) is 15.9 Å². The van der Waals surface area contributed by atoms with E-state index in [4.69, 9.17) is 5.14 Å². The molecule has 0 aliphatic rings. The molecule has 8 heteroatoms. The summed E-state index contributed by atoms with van der Waals surface area (Å²) in [5.41, 5.74) is 1.35. The standard InChI is InChI=1S/C16H19N3O3S2/c1-11(18-13-4-3-5-14(10-13)23-2)16(20)19-12-6-8-15(9-7-12)24(17,21)22/h3-11,18H,1-2H3,(H,19,20)(H2,17,21,22)/t11-/m1/s1. The van der Waals surface area contributed by atoms with Crippen molar-refractivity contribution in [2.24, 2.45) is 5.14 Å². The lowest BCUT2D eigenvalue weighted by Gasteiger charge is -2.16. The Kier molecular flexibility index (Phi) is 5.87. The van der Waals surface area contributed by atoms with Crippen molar-refractivity contribution in [1.82, 2.24) is 0 Å². The summed E-state index contributed by atoms with van der Waals surface area (Å²) >= 11 is 1.62. The minimum atomic E-state index is -3.74. The van der Waals surface area contributed by atoms with Crippen molar-refractivity contribution in [2.45, 2.75) is 22.8 Å². The molecule has 0 fully saturated rings. The Hall–Kier alpha value is -2.03. The van der Waals surface area contributed by atoms with Crippen molar-refractivity contribution in [3.8, 4) is 0 Å². The van der Waals surface area contributed by atoms with E-state index in [1.54, 1.807) is 18.7 Å². The van der Waals surface area contributed by atoms with E-state index in [-0.39, 0.29) is 10.8 Å². The van der Waals surface area contributed by atoms with Crippen molar-refractivity contribution in [3.63, 3.8) is 0 Å². The molecular weight excluding hydrogens is 346 g/mol. The van der Waals surface area contributed by atoms with Crippen LogP contribution in [0, 0.1) is 0 Å². The van der Waals surface area contributed by atoms with Gasteiger partial charge >= 0.3 is 0 Å². The van der Waals surface area contributed by atoms with Crippen molar-refractivity contribution in [3.05, 3.63) is 48.5 Å². The number of carbonyl (C=O) groups excluding carboxylic acids is 1. The number of sulfonamides is 1. The van der Waals surface area contributed by atoms with Crippen LogP contribution >= 0.6 is 11.8 Å². The Morgan fingerprint density at radius 3 is 2.38 bits per heavy atom. The molecule has 0 unspecified atom stereocenters. The van der Waals surface area contributed by atoms with Gasteiger partial charge in [-0.15, -0.1) is 11.8 Å². The largest absolute Gasteiger partial charge is 0.374 e. The summed E-state index contributed by atoms with van der Waals surface area (Å²) in [7, 11) is -3.74. The van der Waals surface area contributed by atoms with Crippen molar-refractivity contribution >= 4 is 39.1 Å². The summed E-state index contributed by atoms with van der Waals surface area (Å²) in [6.07, 6.45) is 1.99. The van der Waals surface area contributed by atoms with E-state index in [0.29, 0.717) is 5.69 Å². The molecule has 2 rings (SSSR count).